The minimum atomic E-state index is -1.42. The predicted molar refractivity (Wildman–Crippen MR) is 76.3 cm³/mol. The Morgan fingerprint density at radius 2 is 1.04 bits per heavy atom. The number of cyclic esters (lactones) is 2. The molecule has 0 aromatic rings. The van der Waals surface area contributed by atoms with Crippen molar-refractivity contribution >= 4 is 60.8 Å². The normalized spacial score (nSPS) is 24.8. The first-order valence-corrected chi connectivity index (χ1v) is 6.39. The molecule has 0 saturated carbocycles. The molecule has 0 radical (unpaired) electrons. The molecule has 0 bridgehead atoms. The summed E-state index contributed by atoms with van der Waals surface area (Å²) in [6.07, 6.45) is -5.55. The quantitative estimate of drug-likeness (QED) is 0.145. The van der Waals surface area contributed by atoms with Gasteiger partial charge in [0.25, 0.3) is 0 Å². The van der Waals surface area contributed by atoms with Crippen LogP contribution in [0.25, 0.3) is 0 Å². The third-order valence-electron chi connectivity index (χ3n) is 2.95. The van der Waals surface area contributed by atoms with Crippen LogP contribution in [-0.4, -0.2) is 139 Å². The van der Waals surface area contributed by atoms with Crippen molar-refractivity contribution in [1.82, 2.24) is 0 Å². The van der Waals surface area contributed by atoms with Crippen molar-refractivity contribution in [2.75, 3.05) is 13.2 Å². The first-order chi connectivity index (χ1) is 11.1. The van der Waals surface area contributed by atoms with Gasteiger partial charge in [0.15, 0.2) is 23.7 Å². The Hall–Kier alpha value is -0.969. The standard InChI is InChI=1S/2C6H8O6.Ba/c2*7-1-2(8)5-3(9)4(10)6(11)12-5;/h2*2,5,7-10H,1H2;/q;;+2/t2*2-,5+;/m00./s1. The van der Waals surface area contributed by atoms with Crippen molar-refractivity contribution in [3.05, 3.63) is 23.0 Å². The van der Waals surface area contributed by atoms with Crippen molar-refractivity contribution in [3.8, 4) is 0 Å². The number of carbonyl (C=O) groups is 2. The van der Waals surface area contributed by atoms with Gasteiger partial charge in [-0.25, -0.2) is 9.59 Å². The Kier molecular flexibility index (Phi) is 9.85. The van der Waals surface area contributed by atoms with E-state index in [4.69, 9.17) is 40.9 Å². The second-order valence-corrected chi connectivity index (χ2v) is 4.62. The third kappa shape index (κ3) is 5.50. The van der Waals surface area contributed by atoms with Crippen LogP contribution >= 0.6 is 0 Å². The molecule has 2 heterocycles. The fraction of sp³-hybridized carbons (Fsp3) is 0.500. The third-order valence-corrected chi connectivity index (χ3v) is 2.95. The zero-order valence-corrected chi connectivity index (χ0v) is 17.1. The summed E-state index contributed by atoms with van der Waals surface area (Å²) in [6.45, 7) is -1.34. The van der Waals surface area contributed by atoms with E-state index in [1.165, 1.54) is 0 Å². The van der Waals surface area contributed by atoms with Gasteiger partial charge >= 0.3 is 60.8 Å². The summed E-state index contributed by atoms with van der Waals surface area (Å²) in [4.78, 5) is 21.1. The van der Waals surface area contributed by atoms with Crippen LogP contribution < -0.4 is 0 Å². The molecule has 0 saturated heterocycles. The number of hydrogen-bond donors (Lipinski definition) is 8. The molecule has 2 aliphatic rings. The van der Waals surface area contributed by atoms with E-state index in [2.05, 4.69) is 9.47 Å². The van der Waals surface area contributed by atoms with Gasteiger partial charge in [-0.1, -0.05) is 0 Å². The van der Waals surface area contributed by atoms with E-state index in [1.54, 1.807) is 0 Å². The van der Waals surface area contributed by atoms with Crippen LogP contribution in [0.5, 0.6) is 0 Å². The van der Waals surface area contributed by atoms with Gasteiger partial charge in [0, 0.05) is 0 Å². The molecule has 0 fully saturated rings. The van der Waals surface area contributed by atoms with Gasteiger partial charge in [0.05, 0.1) is 13.2 Å². The Morgan fingerprint density at radius 1 is 0.760 bits per heavy atom. The molecule has 13 heteroatoms. The molecule has 0 unspecified atom stereocenters. The fourth-order valence-electron chi connectivity index (χ4n) is 1.65. The van der Waals surface area contributed by atoms with Crippen LogP contribution in [0.2, 0.25) is 0 Å². The molecule has 12 nitrogen and oxygen atoms in total. The molecule has 25 heavy (non-hydrogen) atoms. The molecule has 136 valence electrons. The topological polar surface area (TPSA) is 214 Å². The number of aliphatic hydroxyl groups is 8. The first kappa shape index (κ1) is 24.0. The monoisotopic (exact) mass is 490 g/mol. The van der Waals surface area contributed by atoms with Gasteiger partial charge < -0.3 is 50.3 Å². The van der Waals surface area contributed by atoms with Gasteiger partial charge in [-0.3, -0.25) is 0 Å². The van der Waals surface area contributed by atoms with Crippen LogP contribution in [0.4, 0.5) is 0 Å². The van der Waals surface area contributed by atoms with E-state index in [0.29, 0.717) is 0 Å². The largest absolute Gasteiger partial charge is 2.00 e. The maximum Gasteiger partial charge on any atom is 2.00 e. The number of esters is 2. The van der Waals surface area contributed by atoms with Crippen LogP contribution in [0.3, 0.4) is 0 Å². The zero-order chi connectivity index (χ0) is 18.6. The summed E-state index contributed by atoms with van der Waals surface area (Å²) in [5.74, 6) is -5.56. The van der Waals surface area contributed by atoms with Crippen molar-refractivity contribution in [2.24, 2.45) is 0 Å². The van der Waals surface area contributed by atoms with Crippen LogP contribution in [-0.2, 0) is 19.1 Å². The molecular weight excluding hydrogens is 473 g/mol. The first-order valence-electron chi connectivity index (χ1n) is 6.39. The molecule has 0 aromatic carbocycles. The molecule has 2 aliphatic heterocycles. The fourth-order valence-corrected chi connectivity index (χ4v) is 1.65. The molecule has 0 amide bonds. The summed E-state index contributed by atoms with van der Waals surface area (Å²) in [5.41, 5.74) is 0. The maximum atomic E-state index is 10.5. The van der Waals surface area contributed by atoms with Crippen molar-refractivity contribution in [1.29, 1.82) is 0 Å². The number of ether oxygens (including phenoxy) is 2. The van der Waals surface area contributed by atoms with Crippen LogP contribution in [0.1, 0.15) is 0 Å². The summed E-state index contributed by atoms with van der Waals surface area (Å²) in [6, 6.07) is 0. The second-order valence-electron chi connectivity index (χ2n) is 4.62. The van der Waals surface area contributed by atoms with Crippen LogP contribution in [0, 0.1) is 0 Å². The maximum absolute atomic E-state index is 10.5. The molecule has 8 N–H and O–H groups in total. The van der Waals surface area contributed by atoms with E-state index < -0.39 is 72.6 Å². The average Bonchev–Trinajstić information content (AvgIpc) is 2.98. The molecule has 0 spiro atoms. The Balaban J connectivity index is 0.000000443. The van der Waals surface area contributed by atoms with Gasteiger partial charge in [0.2, 0.25) is 11.5 Å². The van der Waals surface area contributed by atoms with Crippen LogP contribution in [0.15, 0.2) is 23.0 Å². The van der Waals surface area contributed by atoms with E-state index in [-0.39, 0.29) is 48.9 Å². The van der Waals surface area contributed by atoms with E-state index in [1.807, 2.05) is 0 Å². The van der Waals surface area contributed by atoms with E-state index in [0.717, 1.165) is 0 Å². The molecule has 0 aromatic heterocycles. The number of aliphatic hydroxyl groups excluding tert-OH is 8. The number of rotatable bonds is 4. The molecule has 4 atom stereocenters. The Labute approximate surface area is 180 Å². The van der Waals surface area contributed by atoms with Crippen molar-refractivity contribution in [2.45, 2.75) is 24.4 Å². The predicted octanol–water partition coefficient (Wildman–Crippen LogP) is -3.20. The summed E-state index contributed by atoms with van der Waals surface area (Å²) < 4.78 is 8.63. The minimum absolute atomic E-state index is 0. The minimum Gasteiger partial charge on any atom is -0.505 e. The summed E-state index contributed by atoms with van der Waals surface area (Å²) >= 11 is 0. The van der Waals surface area contributed by atoms with E-state index in [9.17, 15) is 9.59 Å². The summed E-state index contributed by atoms with van der Waals surface area (Å²) in [7, 11) is 0. The Morgan fingerprint density at radius 3 is 1.20 bits per heavy atom. The summed E-state index contributed by atoms with van der Waals surface area (Å²) in [5, 5.41) is 70.1. The van der Waals surface area contributed by atoms with Gasteiger partial charge in [-0.2, -0.15) is 0 Å². The van der Waals surface area contributed by atoms with Crippen molar-refractivity contribution < 1.29 is 59.9 Å². The van der Waals surface area contributed by atoms with E-state index >= 15 is 0 Å². The number of carbonyl (C=O) groups excluding carboxylic acids is 2. The zero-order valence-electron chi connectivity index (χ0n) is 12.6. The molecule has 0 aliphatic carbocycles. The van der Waals surface area contributed by atoms with Gasteiger partial charge in [-0.05, 0) is 0 Å². The smallest absolute Gasteiger partial charge is 0.505 e. The second kappa shape index (κ2) is 10.2. The van der Waals surface area contributed by atoms with Gasteiger partial charge in [0.1, 0.15) is 12.2 Å². The SMILES string of the molecule is O=C1O[C@H]([C@@H](O)CO)C(O)=C1O.O=C1O[C@H]([C@@H](O)CO)C(O)=C1O.[Ba+2]. The molecular formula is C12H16BaO12+2. The molecule has 2 rings (SSSR count). The Bertz CT molecular complexity index is 520. The van der Waals surface area contributed by atoms with Gasteiger partial charge in [-0.15, -0.1) is 0 Å². The van der Waals surface area contributed by atoms with Crippen molar-refractivity contribution in [3.63, 3.8) is 0 Å². The average molecular weight is 490 g/mol. The number of hydrogen-bond acceptors (Lipinski definition) is 12.